The average Bonchev–Trinajstić information content (AvgIpc) is 2.76. The van der Waals surface area contributed by atoms with E-state index in [4.69, 9.17) is 5.11 Å². The first-order valence-corrected chi connectivity index (χ1v) is 4.88. The summed E-state index contributed by atoms with van der Waals surface area (Å²) in [5, 5.41) is 8.91. The molecule has 1 amide bonds. The minimum atomic E-state index is -4.99. The number of nitrogens with zero attached hydrogens (tertiary/aromatic N) is 1. The van der Waals surface area contributed by atoms with Crippen LogP contribution in [0.1, 0.15) is 19.3 Å². The van der Waals surface area contributed by atoms with Crippen LogP contribution in [-0.2, 0) is 9.59 Å². The predicted octanol–water partition coefficient (Wildman–Crippen LogP) is 1.01. The maximum Gasteiger partial charge on any atom is 0.471 e. The standard InChI is InChI=1S/C9H10F3NO3/c10-9(11,12)7(16)13-4-3-8(1-2-8)5(13)6(14)15/h5H,1-4H2,(H,14,15). The molecule has 0 radical (unpaired) electrons. The largest absolute Gasteiger partial charge is 0.480 e. The number of hydrogen-bond acceptors (Lipinski definition) is 2. The van der Waals surface area contributed by atoms with Gasteiger partial charge >= 0.3 is 18.1 Å². The third kappa shape index (κ3) is 1.54. The van der Waals surface area contributed by atoms with Gasteiger partial charge in [0.2, 0.25) is 0 Å². The topological polar surface area (TPSA) is 57.6 Å². The van der Waals surface area contributed by atoms with E-state index in [1.165, 1.54) is 0 Å². The molecule has 4 nitrogen and oxygen atoms in total. The number of rotatable bonds is 1. The van der Waals surface area contributed by atoms with Crippen molar-refractivity contribution in [3.05, 3.63) is 0 Å². The lowest BCUT2D eigenvalue weighted by Gasteiger charge is -2.25. The van der Waals surface area contributed by atoms with Crippen LogP contribution >= 0.6 is 0 Å². The van der Waals surface area contributed by atoms with E-state index in [9.17, 15) is 22.8 Å². The first-order chi connectivity index (χ1) is 7.28. The number of carboxylic acid groups (broad SMARTS) is 1. The van der Waals surface area contributed by atoms with E-state index in [0.29, 0.717) is 24.2 Å². The van der Waals surface area contributed by atoms with Gasteiger partial charge in [-0.2, -0.15) is 13.2 Å². The highest BCUT2D eigenvalue weighted by molar-refractivity contribution is 5.88. The number of amides is 1. The summed E-state index contributed by atoms with van der Waals surface area (Å²) in [4.78, 5) is 22.4. The first kappa shape index (κ1) is 11.2. The molecule has 1 N–H and O–H groups in total. The molecule has 0 bridgehead atoms. The highest BCUT2D eigenvalue weighted by Gasteiger charge is 2.62. The second-order valence-corrected chi connectivity index (χ2v) is 4.35. The number of halogens is 3. The lowest BCUT2D eigenvalue weighted by atomic mass is 9.97. The van der Waals surface area contributed by atoms with Crippen molar-refractivity contribution in [2.24, 2.45) is 5.41 Å². The van der Waals surface area contributed by atoms with Crippen LogP contribution in [0.5, 0.6) is 0 Å². The number of carboxylic acids is 1. The van der Waals surface area contributed by atoms with Crippen LogP contribution in [0.3, 0.4) is 0 Å². The van der Waals surface area contributed by atoms with E-state index < -0.39 is 29.5 Å². The highest BCUT2D eigenvalue weighted by atomic mass is 19.4. The Morgan fingerprint density at radius 3 is 2.19 bits per heavy atom. The summed E-state index contributed by atoms with van der Waals surface area (Å²) in [6, 6.07) is -1.30. The van der Waals surface area contributed by atoms with Crippen molar-refractivity contribution in [2.75, 3.05) is 6.54 Å². The number of likely N-dealkylation sites (tertiary alicyclic amines) is 1. The van der Waals surface area contributed by atoms with Gasteiger partial charge < -0.3 is 10.0 Å². The molecule has 1 atom stereocenters. The molecule has 2 fully saturated rings. The van der Waals surface area contributed by atoms with Gasteiger partial charge in [-0.3, -0.25) is 4.79 Å². The van der Waals surface area contributed by atoms with Gasteiger partial charge in [-0.15, -0.1) is 0 Å². The fourth-order valence-corrected chi connectivity index (χ4v) is 2.40. The van der Waals surface area contributed by atoms with Gasteiger partial charge in [0.05, 0.1) is 0 Å². The van der Waals surface area contributed by atoms with E-state index in [0.717, 1.165) is 0 Å². The average molecular weight is 237 g/mol. The third-order valence-corrected chi connectivity index (χ3v) is 3.37. The Morgan fingerprint density at radius 2 is 1.81 bits per heavy atom. The summed E-state index contributed by atoms with van der Waals surface area (Å²) >= 11 is 0. The Labute approximate surface area is 89.0 Å². The van der Waals surface area contributed by atoms with E-state index in [1.54, 1.807) is 0 Å². The Bertz CT molecular complexity index is 348. The van der Waals surface area contributed by atoms with Crippen molar-refractivity contribution in [2.45, 2.75) is 31.5 Å². The molecule has 1 saturated carbocycles. The van der Waals surface area contributed by atoms with Crippen molar-refractivity contribution >= 4 is 11.9 Å². The van der Waals surface area contributed by atoms with Crippen LogP contribution in [0.25, 0.3) is 0 Å². The van der Waals surface area contributed by atoms with Gasteiger partial charge in [-0.25, -0.2) is 4.79 Å². The normalized spacial score (nSPS) is 27.2. The summed E-state index contributed by atoms with van der Waals surface area (Å²) in [5.74, 6) is -3.38. The molecule has 1 unspecified atom stereocenters. The highest BCUT2D eigenvalue weighted by Crippen LogP contribution is 2.57. The van der Waals surface area contributed by atoms with Crippen molar-refractivity contribution < 1.29 is 27.9 Å². The van der Waals surface area contributed by atoms with Crippen LogP contribution in [0.4, 0.5) is 13.2 Å². The van der Waals surface area contributed by atoms with Crippen molar-refractivity contribution in [3.8, 4) is 0 Å². The molecule has 1 aliphatic heterocycles. The maximum absolute atomic E-state index is 12.2. The molecule has 16 heavy (non-hydrogen) atoms. The lowest BCUT2D eigenvalue weighted by molar-refractivity contribution is -0.188. The van der Waals surface area contributed by atoms with Crippen LogP contribution in [-0.4, -0.2) is 40.6 Å². The van der Waals surface area contributed by atoms with Crippen LogP contribution in [0.15, 0.2) is 0 Å². The Balaban J connectivity index is 2.23. The molecule has 1 spiro atoms. The molecular weight excluding hydrogens is 227 g/mol. The molecule has 0 aromatic rings. The fraction of sp³-hybridized carbons (Fsp3) is 0.778. The minimum absolute atomic E-state index is 0.116. The molecular formula is C9H10F3NO3. The van der Waals surface area contributed by atoms with Crippen LogP contribution in [0, 0.1) is 5.41 Å². The smallest absolute Gasteiger partial charge is 0.471 e. The van der Waals surface area contributed by atoms with Gasteiger partial charge in [-0.1, -0.05) is 0 Å². The molecule has 90 valence electrons. The van der Waals surface area contributed by atoms with Gasteiger partial charge in [0, 0.05) is 12.0 Å². The molecule has 7 heteroatoms. The zero-order valence-corrected chi connectivity index (χ0v) is 8.25. The summed E-state index contributed by atoms with van der Waals surface area (Å²) in [5.41, 5.74) is -0.591. The summed E-state index contributed by atoms with van der Waals surface area (Å²) < 4.78 is 36.7. The molecule has 1 saturated heterocycles. The van der Waals surface area contributed by atoms with Gasteiger partial charge in [0.25, 0.3) is 0 Å². The summed E-state index contributed by atoms with van der Waals surface area (Å²) in [7, 11) is 0. The number of aliphatic carboxylic acids is 1. The molecule has 2 rings (SSSR count). The predicted molar refractivity (Wildman–Crippen MR) is 45.5 cm³/mol. The molecule has 1 heterocycles. The zero-order chi connectivity index (χ0) is 12.1. The minimum Gasteiger partial charge on any atom is -0.480 e. The number of alkyl halides is 3. The van der Waals surface area contributed by atoms with Crippen molar-refractivity contribution in [1.82, 2.24) is 4.90 Å². The second kappa shape index (κ2) is 3.11. The summed E-state index contributed by atoms with van der Waals surface area (Å²) in [6.45, 7) is -0.116. The quantitative estimate of drug-likeness (QED) is 0.740. The number of hydrogen-bond donors (Lipinski definition) is 1. The monoisotopic (exact) mass is 237 g/mol. The zero-order valence-electron chi connectivity index (χ0n) is 8.25. The lowest BCUT2D eigenvalue weighted by Crippen LogP contribution is -2.49. The Morgan fingerprint density at radius 1 is 1.25 bits per heavy atom. The van der Waals surface area contributed by atoms with Crippen LogP contribution < -0.4 is 0 Å². The number of carbonyl (C=O) groups is 2. The van der Waals surface area contributed by atoms with Gasteiger partial charge in [-0.05, 0) is 19.3 Å². The van der Waals surface area contributed by atoms with Gasteiger partial charge in [0.15, 0.2) is 0 Å². The van der Waals surface area contributed by atoms with Gasteiger partial charge in [0.1, 0.15) is 6.04 Å². The van der Waals surface area contributed by atoms with Crippen molar-refractivity contribution in [3.63, 3.8) is 0 Å². The fourth-order valence-electron chi connectivity index (χ4n) is 2.40. The SMILES string of the molecule is O=C(O)C1N(C(=O)C(F)(F)F)CCC12CC2. The second-order valence-electron chi connectivity index (χ2n) is 4.35. The molecule has 0 aromatic heterocycles. The van der Waals surface area contributed by atoms with E-state index in [2.05, 4.69) is 0 Å². The van der Waals surface area contributed by atoms with Crippen molar-refractivity contribution in [1.29, 1.82) is 0 Å². The Hall–Kier alpha value is -1.27. The Kier molecular flexibility index (Phi) is 2.18. The molecule has 1 aliphatic carbocycles. The van der Waals surface area contributed by atoms with Crippen LogP contribution in [0.2, 0.25) is 0 Å². The first-order valence-electron chi connectivity index (χ1n) is 4.88. The van der Waals surface area contributed by atoms with E-state index in [1.807, 2.05) is 0 Å². The van der Waals surface area contributed by atoms with E-state index in [-0.39, 0.29) is 6.54 Å². The summed E-state index contributed by atoms with van der Waals surface area (Å²) in [6.07, 6.45) is -3.46. The third-order valence-electron chi connectivity index (χ3n) is 3.37. The maximum atomic E-state index is 12.2. The number of carbonyl (C=O) groups excluding carboxylic acids is 1. The molecule has 2 aliphatic rings. The molecule has 0 aromatic carbocycles. The van der Waals surface area contributed by atoms with E-state index >= 15 is 0 Å².